The van der Waals surface area contributed by atoms with E-state index in [1.54, 1.807) is 0 Å². The lowest BCUT2D eigenvalue weighted by atomic mass is 10.1. The molecule has 1 fully saturated rings. The summed E-state index contributed by atoms with van der Waals surface area (Å²) in [5, 5.41) is 3.45. The molecule has 0 aliphatic carbocycles. The number of ether oxygens (including phenoxy) is 1. The molecule has 0 aromatic carbocycles. The van der Waals surface area contributed by atoms with E-state index in [9.17, 15) is 0 Å². The number of rotatable bonds is 7. The molecule has 0 radical (unpaired) electrons. The summed E-state index contributed by atoms with van der Waals surface area (Å²) < 4.78 is 5.79. The molecular formula is C13H28N2O. The molecule has 0 bridgehead atoms. The van der Waals surface area contributed by atoms with Crippen LogP contribution in [0.15, 0.2) is 0 Å². The van der Waals surface area contributed by atoms with Gasteiger partial charge in [0.15, 0.2) is 0 Å². The van der Waals surface area contributed by atoms with Crippen molar-refractivity contribution in [1.29, 1.82) is 0 Å². The second-order valence-corrected chi connectivity index (χ2v) is 5.04. The lowest BCUT2D eigenvalue weighted by Crippen LogP contribution is -2.42. The monoisotopic (exact) mass is 228 g/mol. The van der Waals surface area contributed by atoms with Crippen molar-refractivity contribution in [2.75, 3.05) is 32.8 Å². The molecule has 0 aromatic heterocycles. The van der Waals surface area contributed by atoms with Gasteiger partial charge in [-0.25, -0.2) is 0 Å². The molecule has 1 atom stereocenters. The van der Waals surface area contributed by atoms with Gasteiger partial charge in [0.25, 0.3) is 0 Å². The molecule has 1 aliphatic rings. The summed E-state index contributed by atoms with van der Waals surface area (Å²) >= 11 is 0. The van der Waals surface area contributed by atoms with Crippen LogP contribution in [-0.2, 0) is 4.74 Å². The van der Waals surface area contributed by atoms with Gasteiger partial charge in [-0.15, -0.1) is 0 Å². The van der Waals surface area contributed by atoms with Gasteiger partial charge in [-0.05, 0) is 32.4 Å². The first kappa shape index (κ1) is 13.9. The Balaban J connectivity index is 2.07. The molecule has 0 spiro atoms. The van der Waals surface area contributed by atoms with Crippen molar-refractivity contribution in [3.63, 3.8) is 0 Å². The Kier molecular flexibility index (Phi) is 7.01. The summed E-state index contributed by atoms with van der Waals surface area (Å²) in [5.74, 6) is 0. The molecule has 0 saturated carbocycles. The van der Waals surface area contributed by atoms with E-state index >= 15 is 0 Å². The van der Waals surface area contributed by atoms with Gasteiger partial charge in [-0.1, -0.05) is 20.8 Å². The van der Waals surface area contributed by atoms with Gasteiger partial charge in [0.05, 0.1) is 12.7 Å². The molecule has 3 heteroatoms. The van der Waals surface area contributed by atoms with Gasteiger partial charge in [-0.2, -0.15) is 0 Å². The van der Waals surface area contributed by atoms with Crippen molar-refractivity contribution in [2.24, 2.45) is 0 Å². The zero-order valence-electron chi connectivity index (χ0n) is 11.2. The van der Waals surface area contributed by atoms with Gasteiger partial charge in [0, 0.05) is 19.1 Å². The normalized spacial score (nSPS) is 22.9. The van der Waals surface area contributed by atoms with Crippen molar-refractivity contribution < 1.29 is 4.74 Å². The first-order chi connectivity index (χ1) is 7.72. The number of hydrogen-bond donors (Lipinski definition) is 1. The molecule has 0 aromatic rings. The second kappa shape index (κ2) is 8.04. The minimum Gasteiger partial charge on any atom is -0.376 e. The fourth-order valence-corrected chi connectivity index (χ4v) is 2.19. The number of morpholine rings is 1. The van der Waals surface area contributed by atoms with Crippen LogP contribution in [0.2, 0.25) is 0 Å². The van der Waals surface area contributed by atoms with E-state index in [0.717, 1.165) is 26.2 Å². The molecule has 16 heavy (non-hydrogen) atoms. The molecule has 1 heterocycles. The average Bonchev–Trinajstić information content (AvgIpc) is 2.25. The quantitative estimate of drug-likeness (QED) is 0.673. The van der Waals surface area contributed by atoms with E-state index in [2.05, 4.69) is 31.0 Å². The first-order valence-electron chi connectivity index (χ1n) is 6.79. The Bertz CT molecular complexity index is 171. The van der Waals surface area contributed by atoms with E-state index < -0.39 is 0 Å². The Labute approximate surface area is 101 Å². The minimum atomic E-state index is 0.467. The Morgan fingerprint density at radius 2 is 2.25 bits per heavy atom. The Morgan fingerprint density at radius 1 is 1.44 bits per heavy atom. The molecular weight excluding hydrogens is 200 g/mol. The SMILES string of the molecule is CCCN1CCO[C@@H](CCCNC(C)C)C1. The van der Waals surface area contributed by atoms with Gasteiger partial charge in [0.2, 0.25) is 0 Å². The first-order valence-corrected chi connectivity index (χ1v) is 6.79. The summed E-state index contributed by atoms with van der Waals surface area (Å²) in [4.78, 5) is 2.53. The van der Waals surface area contributed by atoms with Crippen LogP contribution in [0.4, 0.5) is 0 Å². The highest BCUT2D eigenvalue weighted by Crippen LogP contribution is 2.10. The van der Waals surface area contributed by atoms with Crippen LogP contribution in [0.5, 0.6) is 0 Å². The summed E-state index contributed by atoms with van der Waals surface area (Å²) in [7, 11) is 0. The van der Waals surface area contributed by atoms with Gasteiger partial charge in [-0.3, -0.25) is 4.90 Å². The fourth-order valence-electron chi connectivity index (χ4n) is 2.19. The van der Waals surface area contributed by atoms with Gasteiger partial charge < -0.3 is 10.1 Å². The number of nitrogens with zero attached hydrogens (tertiary/aromatic N) is 1. The van der Waals surface area contributed by atoms with Crippen molar-refractivity contribution >= 4 is 0 Å². The molecule has 96 valence electrons. The van der Waals surface area contributed by atoms with E-state index in [1.165, 1.54) is 25.8 Å². The maximum Gasteiger partial charge on any atom is 0.0703 e. The molecule has 0 amide bonds. The summed E-state index contributed by atoms with van der Waals surface area (Å²) in [5.41, 5.74) is 0. The highest BCUT2D eigenvalue weighted by Gasteiger charge is 2.18. The Hall–Kier alpha value is -0.120. The zero-order chi connectivity index (χ0) is 11.8. The standard InChI is InChI=1S/C13H28N2O/c1-4-8-15-9-10-16-13(11-15)6-5-7-14-12(2)3/h12-14H,4-11H2,1-3H3/t13-/m0/s1. The molecule has 3 nitrogen and oxygen atoms in total. The van der Waals surface area contributed by atoms with E-state index in [1.807, 2.05) is 0 Å². The highest BCUT2D eigenvalue weighted by atomic mass is 16.5. The molecule has 1 aliphatic heterocycles. The summed E-state index contributed by atoms with van der Waals surface area (Å²) in [6, 6.07) is 0.601. The molecule has 1 rings (SSSR count). The summed E-state index contributed by atoms with van der Waals surface area (Å²) in [6.07, 6.45) is 4.14. The third-order valence-corrected chi connectivity index (χ3v) is 3.02. The van der Waals surface area contributed by atoms with E-state index in [0.29, 0.717) is 12.1 Å². The predicted molar refractivity (Wildman–Crippen MR) is 68.8 cm³/mol. The lowest BCUT2D eigenvalue weighted by Gasteiger charge is -2.32. The van der Waals surface area contributed by atoms with Gasteiger partial charge in [0.1, 0.15) is 0 Å². The minimum absolute atomic E-state index is 0.467. The number of nitrogens with one attached hydrogen (secondary N) is 1. The van der Waals surface area contributed by atoms with Crippen LogP contribution in [0, 0.1) is 0 Å². The molecule has 1 N–H and O–H groups in total. The Morgan fingerprint density at radius 3 is 2.94 bits per heavy atom. The largest absolute Gasteiger partial charge is 0.376 e. The lowest BCUT2D eigenvalue weighted by molar-refractivity contribution is -0.0325. The molecule has 1 saturated heterocycles. The van der Waals surface area contributed by atoms with Crippen molar-refractivity contribution in [3.05, 3.63) is 0 Å². The predicted octanol–water partition coefficient (Wildman–Crippen LogP) is 1.88. The molecule has 0 unspecified atom stereocenters. The van der Waals surface area contributed by atoms with Gasteiger partial charge >= 0.3 is 0 Å². The van der Waals surface area contributed by atoms with E-state index in [-0.39, 0.29) is 0 Å². The maximum absolute atomic E-state index is 5.79. The third kappa shape index (κ3) is 5.83. The maximum atomic E-state index is 5.79. The van der Waals surface area contributed by atoms with Crippen molar-refractivity contribution in [1.82, 2.24) is 10.2 Å². The zero-order valence-corrected chi connectivity index (χ0v) is 11.2. The summed E-state index contributed by atoms with van der Waals surface area (Å²) in [6.45, 7) is 12.2. The number of hydrogen-bond acceptors (Lipinski definition) is 3. The second-order valence-electron chi connectivity index (χ2n) is 5.04. The van der Waals surface area contributed by atoms with E-state index in [4.69, 9.17) is 4.74 Å². The van der Waals surface area contributed by atoms with Crippen LogP contribution in [0.25, 0.3) is 0 Å². The average molecular weight is 228 g/mol. The van der Waals surface area contributed by atoms with Crippen molar-refractivity contribution in [2.45, 2.75) is 52.2 Å². The topological polar surface area (TPSA) is 24.5 Å². The highest BCUT2D eigenvalue weighted by molar-refractivity contribution is 4.71. The van der Waals surface area contributed by atoms with Crippen LogP contribution >= 0.6 is 0 Å². The van der Waals surface area contributed by atoms with Crippen LogP contribution in [0.3, 0.4) is 0 Å². The third-order valence-electron chi connectivity index (χ3n) is 3.02. The van der Waals surface area contributed by atoms with Crippen LogP contribution < -0.4 is 5.32 Å². The fraction of sp³-hybridized carbons (Fsp3) is 1.00. The van der Waals surface area contributed by atoms with Crippen LogP contribution in [0.1, 0.15) is 40.0 Å². The van der Waals surface area contributed by atoms with Crippen LogP contribution in [-0.4, -0.2) is 49.8 Å². The smallest absolute Gasteiger partial charge is 0.0703 e. The van der Waals surface area contributed by atoms with Crippen molar-refractivity contribution in [3.8, 4) is 0 Å².